The van der Waals surface area contributed by atoms with Crippen LogP contribution in [0.3, 0.4) is 0 Å². The number of nitrogens with one attached hydrogen (secondary N) is 2. The molecule has 0 radical (unpaired) electrons. The third-order valence-electron chi connectivity index (χ3n) is 9.86. The summed E-state index contributed by atoms with van der Waals surface area (Å²) >= 11 is 1.53. The number of pyridine rings is 1. The number of fused-ring (bicyclic) bond motifs is 2. The summed E-state index contributed by atoms with van der Waals surface area (Å²) in [5.41, 5.74) is 12.1. The van der Waals surface area contributed by atoms with Gasteiger partial charge in [-0.2, -0.15) is 0 Å². The van der Waals surface area contributed by atoms with E-state index in [2.05, 4.69) is 20.5 Å². The van der Waals surface area contributed by atoms with E-state index in [-0.39, 0.29) is 17.9 Å². The number of thiophene rings is 1. The molecule has 4 heterocycles. The average Bonchev–Trinajstić information content (AvgIpc) is 3.78. The Morgan fingerprint density at radius 3 is 2.42 bits per heavy atom. The van der Waals surface area contributed by atoms with Gasteiger partial charge in [0.1, 0.15) is 28.8 Å². The van der Waals surface area contributed by atoms with Crippen molar-refractivity contribution in [2.75, 3.05) is 45.5 Å². The first kappa shape index (κ1) is 35.5. The normalized spacial score (nSPS) is 13.8. The lowest BCUT2D eigenvalue weighted by Gasteiger charge is -2.32. The van der Waals surface area contributed by atoms with Crippen molar-refractivity contribution in [3.8, 4) is 28.4 Å². The molecule has 11 nitrogen and oxygen atoms in total. The second-order valence-electron chi connectivity index (χ2n) is 13.0. The molecule has 12 heteroatoms. The number of aromatic nitrogens is 2. The van der Waals surface area contributed by atoms with E-state index in [1.165, 1.54) is 11.3 Å². The number of piperidine rings is 1. The highest BCUT2D eigenvalue weighted by molar-refractivity contribution is 7.18. The Kier molecular flexibility index (Phi) is 10.3. The molecular weight excluding hydrogens is 689 g/mol. The summed E-state index contributed by atoms with van der Waals surface area (Å²) in [6.07, 6.45) is 6.73. The van der Waals surface area contributed by atoms with E-state index in [4.69, 9.17) is 19.9 Å². The minimum Gasteiger partial charge on any atom is -0.496 e. The molecule has 0 aliphatic carbocycles. The van der Waals surface area contributed by atoms with Crippen LogP contribution in [0.2, 0.25) is 0 Å². The largest absolute Gasteiger partial charge is 0.496 e. The van der Waals surface area contributed by atoms with E-state index in [1.807, 2.05) is 83.7 Å². The van der Waals surface area contributed by atoms with E-state index in [0.717, 1.165) is 87.2 Å². The van der Waals surface area contributed by atoms with Gasteiger partial charge < -0.3 is 35.1 Å². The lowest BCUT2D eigenvalue weighted by molar-refractivity contribution is -0.117. The Morgan fingerprint density at radius 2 is 1.70 bits per heavy atom. The minimum atomic E-state index is -0.236. The number of rotatable bonds is 11. The van der Waals surface area contributed by atoms with Crippen LogP contribution in [-0.2, 0) is 18.4 Å². The number of carbonyl (C=O) groups is 2. The first-order chi connectivity index (χ1) is 25.8. The molecule has 0 spiro atoms. The van der Waals surface area contributed by atoms with Gasteiger partial charge in [-0.25, -0.2) is 4.98 Å². The zero-order valence-corrected chi connectivity index (χ0v) is 31.0. The van der Waals surface area contributed by atoms with Crippen molar-refractivity contribution >= 4 is 61.7 Å². The van der Waals surface area contributed by atoms with Crippen molar-refractivity contribution in [3.63, 3.8) is 0 Å². The van der Waals surface area contributed by atoms with Gasteiger partial charge in [0.05, 0.1) is 32.6 Å². The number of nitrogens with two attached hydrogens (primary N) is 1. The lowest BCUT2D eigenvalue weighted by atomic mass is 10.0. The number of benzene rings is 3. The topological polar surface area (TPSA) is 133 Å². The minimum absolute atomic E-state index is 0.0794. The van der Waals surface area contributed by atoms with Crippen LogP contribution < -0.4 is 30.6 Å². The fourth-order valence-electron chi connectivity index (χ4n) is 7.03. The number of ether oxygens (including phenoxy) is 3. The molecule has 2 amide bonds. The van der Waals surface area contributed by atoms with Gasteiger partial charge in [-0.15, -0.1) is 11.3 Å². The van der Waals surface area contributed by atoms with E-state index >= 15 is 0 Å². The fraction of sp³-hybridized carbons (Fsp3) is 0.244. The molecule has 1 aliphatic heterocycles. The number of methoxy groups -OCH3 is 3. The van der Waals surface area contributed by atoms with Crippen molar-refractivity contribution in [2.24, 2.45) is 7.05 Å². The number of hydrogen-bond donors (Lipinski definition) is 3. The number of nitrogens with zero attached hydrogens (tertiary/aromatic N) is 3. The quantitative estimate of drug-likeness (QED) is 0.120. The predicted octanol–water partition coefficient (Wildman–Crippen LogP) is 7.11. The Balaban J connectivity index is 1.02. The third kappa shape index (κ3) is 7.28. The Hall–Kier alpha value is -5.85. The highest BCUT2D eigenvalue weighted by atomic mass is 32.1. The molecular formula is C41H42N6O5S. The number of hydrogen-bond acceptors (Lipinski definition) is 9. The van der Waals surface area contributed by atoms with Crippen LogP contribution in [0.5, 0.6) is 17.2 Å². The summed E-state index contributed by atoms with van der Waals surface area (Å²) in [5.74, 6) is 2.14. The number of anilines is 2. The Labute approximate surface area is 312 Å². The van der Waals surface area contributed by atoms with Crippen LogP contribution in [-0.4, -0.2) is 66.7 Å². The second-order valence-corrected chi connectivity index (χ2v) is 13.9. The van der Waals surface area contributed by atoms with Gasteiger partial charge in [0, 0.05) is 77.1 Å². The number of amides is 2. The molecule has 0 atom stereocenters. The van der Waals surface area contributed by atoms with Gasteiger partial charge in [0.2, 0.25) is 5.91 Å². The van der Waals surface area contributed by atoms with E-state index in [0.29, 0.717) is 22.9 Å². The summed E-state index contributed by atoms with van der Waals surface area (Å²) < 4.78 is 19.7. The van der Waals surface area contributed by atoms with Crippen molar-refractivity contribution in [3.05, 3.63) is 101 Å². The van der Waals surface area contributed by atoms with Gasteiger partial charge in [-0.3, -0.25) is 14.5 Å². The standard InChI is InChI=1S/C41H42N6O5S/c1-46-32-9-6-5-8-26(32)20-33(46)41(49)45-31-14-12-25(21-36(31)52-4)30-24-53-39-27(22-43-40(42)38(30)39)13-15-37(48)44-28-16-18-47(19-17-28)23-29-34(50-2)10-7-11-35(29)51-3/h5-15,20-22,24,28H,16-19,23H2,1-4H3,(H2,42,43)(H,44,48)(H,45,49)/b15-13+. The van der Waals surface area contributed by atoms with Crippen molar-refractivity contribution in [1.29, 1.82) is 0 Å². The zero-order valence-electron chi connectivity index (χ0n) is 30.1. The van der Waals surface area contributed by atoms with Crippen LogP contribution >= 0.6 is 11.3 Å². The SMILES string of the molecule is COc1cc(-c2csc3c(/C=C/C(=O)NC4CCN(Cc5c(OC)cccc5OC)CC4)cnc(N)c23)ccc1NC(=O)c1cc2ccccc2n1C. The highest BCUT2D eigenvalue weighted by Gasteiger charge is 2.23. The first-order valence-corrected chi connectivity index (χ1v) is 18.3. The molecule has 3 aromatic carbocycles. The molecule has 272 valence electrons. The summed E-state index contributed by atoms with van der Waals surface area (Å²) in [6.45, 7) is 2.41. The molecule has 1 fully saturated rings. The summed E-state index contributed by atoms with van der Waals surface area (Å²) in [7, 11) is 6.79. The third-order valence-corrected chi connectivity index (χ3v) is 10.9. The Morgan fingerprint density at radius 1 is 0.962 bits per heavy atom. The molecule has 1 saturated heterocycles. The van der Waals surface area contributed by atoms with Gasteiger partial charge >= 0.3 is 0 Å². The number of nitrogen functional groups attached to an aromatic ring is 1. The van der Waals surface area contributed by atoms with Gasteiger partial charge in [-0.05, 0) is 66.3 Å². The number of likely N-dealkylation sites (tertiary alicyclic amines) is 1. The van der Waals surface area contributed by atoms with E-state index in [1.54, 1.807) is 39.7 Å². The maximum Gasteiger partial charge on any atom is 0.272 e. The smallest absolute Gasteiger partial charge is 0.272 e. The van der Waals surface area contributed by atoms with Crippen LogP contribution in [0.4, 0.5) is 11.5 Å². The van der Waals surface area contributed by atoms with Crippen molar-refractivity contribution in [2.45, 2.75) is 25.4 Å². The van der Waals surface area contributed by atoms with Crippen LogP contribution in [0.15, 0.2) is 84.4 Å². The maximum absolute atomic E-state index is 13.3. The van der Waals surface area contributed by atoms with E-state index in [9.17, 15) is 9.59 Å². The molecule has 1 aliphatic rings. The molecule has 3 aromatic heterocycles. The Bertz CT molecular complexity index is 2320. The number of carbonyl (C=O) groups excluding carboxylic acids is 2. The molecule has 53 heavy (non-hydrogen) atoms. The summed E-state index contributed by atoms with van der Waals surface area (Å²) in [4.78, 5) is 33.2. The van der Waals surface area contributed by atoms with Gasteiger partial charge in [0.25, 0.3) is 5.91 Å². The molecule has 7 rings (SSSR count). The van der Waals surface area contributed by atoms with Gasteiger partial charge in [0.15, 0.2) is 0 Å². The number of para-hydroxylation sites is 1. The summed E-state index contributed by atoms with van der Waals surface area (Å²) in [5, 5.41) is 10.00. The average molecular weight is 731 g/mol. The molecule has 4 N–H and O–H groups in total. The lowest BCUT2D eigenvalue weighted by Crippen LogP contribution is -2.43. The predicted molar refractivity (Wildman–Crippen MR) is 212 cm³/mol. The monoisotopic (exact) mass is 730 g/mol. The van der Waals surface area contributed by atoms with Crippen LogP contribution in [0.1, 0.15) is 34.5 Å². The molecule has 6 aromatic rings. The molecule has 0 saturated carbocycles. The maximum atomic E-state index is 13.3. The van der Waals surface area contributed by atoms with Crippen molar-refractivity contribution in [1.82, 2.24) is 19.8 Å². The number of aryl methyl sites for hydroxylation is 1. The van der Waals surface area contributed by atoms with Crippen LogP contribution in [0, 0.1) is 0 Å². The second kappa shape index (κ2) is 15.4. The molecule has 0 unspecified atom stereocenters. The van der Waals surface area contributed by atoms with Crippen molar-refractivity contribution < 1.29 is 23.8 Å². The highest BCUT2D eigenvalue weighted by Crippen LogP contribution is 2.41. The van der Waals surface area contributed by atoms with Gasteiger partial charge in [-0.1, -0.05) is 30.3 Å². The summed E-state index contributed by atoms with van der Waals surface area (Å²) in [6, 6.07) is 21.3. The molecule has 0 bridgehead atoms. The zero-order chi connectivity index (χ0) is 37.1. The van der Waals surface area contributed by atoms with Crippen LogP contribution in [0.25, 0.3) is 38.2 Å². The fourth-order valence-corrected chi connectivity index (χ4v) is 8.11. The first-order valence-electron chi connectivity index (χ1n) is 17.4. The van der Waals surface area contributed by atoms with E-state index < -0.39 is 0 Å².